The van der Waals surface area contributed by atoms with E-state index in [2.05, 4.69) is 4.90 Å². The van der Waals surface area contributed by atoms with Gasteiger partial charge in [-0.25, -0.2) is 4.79 Å². The average Bonchev–Trinajstić information content (AvgIpc) is 2.90. The molecule has 0 unspecified atom stereocenters. The standard InChI is InChI=1S/C14H19NO4/c1-12(11-15-6-9-17-10-7-15)19-14(16)5-4-13-3-2-8-18-13/h2-5,8,12H,6-7,9-11H2,1H3/b5-4+/t12-/m0/s1. The first kappa shape index (κ1) is 13.8. The minimum absolute atomic E-state index is 0.133. The Kier molecular flexibility index (Phi) is 5.18. The Balaban J connectivity index is 1.72. The largest absolute Gasteiger partial charge is 0.465 e. The van der Waals surface area contributed by atoms with Gasteiger partial charge >= 0.3 is 5.97 Å². The van der Waals surface area contributed by atoms with E-state index < -0.39 is 0 Å². The number of hydrogen-bond donors (Lipinski definition) is 0. The maximum atomic E-state index is 11.6. The van der Waals surface area contributed by atoms with Gasteiger partial charge in [-0.1, -0.05) is 0 Å². The third-order valence-corrected chi connectivity index (χ3v) is 2.86. The molecule has 0 N–H and O–H groups in total. The van der Waals surface area contributed by atoms with E-state index in [9.17, 15) is 4.79 Å². The summed E-state index contributed by atoms with van der Waals surface area (Å²) in [7, 11) is 0. The topological polar surface area (TPSA) is 51.9 Å². The van der Waals surface area contributed by atoms with Crippen molar-refractivity contribution in [1.29, 1.82) is 0 Å². The van der Waals surface area contributed by atoms with Crippen LogP contribution in [-0.4, -0.2) is 49.8 Å². The zero-order valence-electron chi connectivity index (χ0n) is 11.1. The number of hydrogen-bond acceptors (Lipinski definition) is 5. The number of nitrogens with zero attached hydrogens (tertiary/aromatic N) is 1. The van der Waals surface area contributed by atoms with Crippen LogP contribution in [0.3, 0.4) is 0 Å². The Morgan fingerprint density at radius 2 is 2.32 bits per heavy atom. The molecule has 5 heteroatoms. The van der Waals surface area contributed by atoms with Crippen LogP contribution in [-0.2, 0) is 14.3 Å². The second-order valence-electron chi connectivity index (χ2n) is 4.51. The maximum absolute atomic E-state index is 11.6. The number of esters is 1. The van der Waals surface area contributed by atoms with Gasteiger partial charge in [-0.2, -0.15) is 0 Å². The molecule has 0 aromatic carbocycles. The summed E-state index contributed by atoms with van der Waals surface area (Å²) in [5.41, 5.74) is 0. The van der Waals surface area contributed by atoms with Gasteiger partial charge in [-0.15, -0.1) is 0 Å². The van der Waals surface area contributed by atoms with Gasteiger partial charge in [0.1, 0.15) is 11.9 Å². The molecular formula is C14H19NO4. The van der Waals surface area contributed by atoms with Gasteiger partial charge in [0.15, 0.2) is 0 Å². The van der Waals surface area contributed by atoms with E-state index in [-0.39, 0.29) is 12.1 Å². The van der Waals surface area contributed by atoms with Gasteiger partial charge in [-0.3, -0.25) is 4.90 Å². The Hall–Kier alpha value is -1.59. The molecule has 1 atom stereocenters. The van der Waals surface area contributed by atoms with E-state index in [0.29, 0.717) is 5.76 Å². The lowest BCUT2D eigenvalue weighted by atomic mass is 10.3. The molecule has 1 aliphatic rings. The molecule has 19 heavy (non-hydrogen) atoms. The number of furan rings is 1. The highest BCUT2D eigenvalue weighted by molar-refractivity contribution is 5.86. The van der Waals surface area contributed by atoms with E-state index >= 15 is 0 Å². The minimum Gasteiger partial charge on any atom is -0.465 e. The van der Waals surface area contributed by atoms with Crippen molar-refractivity contribution in [1.82, 2.24) is 4.90 Å². The fraction of sp³-hybridized carbons (Fsp3) is 0.500. The van der Waals surface area contributed by atoms with Crippen molar-refractivity contribution in [3.05, 3.63) is 30.2 Å². The number of ether oxygens (including phenoxy) is 2. The molecule has 1 fully saturated rings. The molecular weight excluding hydrogens is 246 g/mol. The lowest BCUT2D eigenvalue weighted by molar-refractivity contribution is -0.143. The Bertz CT molecular complexity index is 407. The van der Waals surface area contributed by atoms with Crippen LogP contribution in [0.1, 0.15) is 12.7 Å². The van der Waals surface area contributed by atoms with Crippen LogP contribution in [0.2, 0.25) is 0 Å². The first-order valence-corrected chi connectivity index (χ1v) is 6.46. The molecule has 0 spiro atoms. The predicted molar refractivity (Wildman–Crippen MR) is 70.6 cm³/mol. The molecule has 1 saturated heterocycles. The third kappa shape index (κ3) is 4.89. The number of morpholine rings is 1. The van der Waals surface area contributed by atoms with Crippen molar-refractivity contribution >= 4 is 12.0 Å². The van der Waals surface area contributed by atoms with Crippen molar-refractivity contribution in [2.24, 2.45) is 0 Å². The molecule has 0 bridgehead atoms. The van der Waals surface area contributed by atoms with Gasteiger partial charge < -0.3 is 13.9 Å². The van der Waals surface area contributed by atoms with Gasteiger partial charge in [0.25, 0.3) is 0 Å². The average molecular weight is 265 g/mol. The summed E-state index contributed by atoms with van der Waals surface area (Å²) in [6, 6.07) is 3.55. The number of carbonyl (C=O) groups excluding carboxylic acids is 1. The SMILES string of the molecule is C[C@@H](CN1CCOCC1)OC(=O)/C=C/c1ccco1. The smallest absolute Gasteiger partial charge is 0.331 e. The zero-order valence-corrected chi connectivity index (χ0v) is 11.1. The van der Waals surface area contributed by atoms with Crippen LogP contribution in [0.25, 0.3) is 6.08 Å². The summed E-state index contributed by atoms with van der Waals surface area (Å²) in [6.07, 6.45) is 4.41. The third-order valence-electron chi connectivity index (χ3n) is 2.86. The fourth-order valence-corrected chi connectivity index (χ4v) is 1.96. The van der Waals surface area contributed by atoms with Crippen molar-refractivity contribution in [2.45, 2.75) is 13.0 Å². The predicted octanol–water partition coefficient (Wildman–Crippen LogP) is 1.56. The van der Waals surface area contributed by atoms with Gasteiger partial charge in [0, 0.05) is 25.7 Å². The lowest BCUT2D eigenvalue weighted by Crippen LogP contribution is -2.41. The summed E-state index contributed by atoms with van der Waals surface area (Å²) in [6.45, 7) is 5.92. The molecule has 0 radical (unpaired) electrons. The molecule has 104 valence electrons. The normalized spacial score (nSPS) is 18.6. The molecule has 2 rings (SSSR count). The van der Waals surface area contributed by atoms with E-state index in [0.717, 1.165) is 32.8 Å². The van der Waals surface area contributed by atoms with Gasteiger partial charge in [0.2, 0.25) is 0 Å². The molecule has 0 aliphatic carbocycles. The Morgan fingerprint density at radius 3 is 3.00 bits per heavy atom. The molecule has 5 nitrogen and oxygen atoms in total. The number of rotatable bonds is 5. The molecule has 0 saturated carbocycles. The number of carbonyl (C=O) groups is 1. The van der Waals surface area contributed by atoms with Crippen molar-refractivity contribution < 1.29 is 18.7 Å². The quantitative estimate of drug-likeness (QED) is 0.597. The fourth-order valence-electron chi connectivity index (χ4n) is 1.96. The zero-order chi connectivity index (χ0) is 13.5. The van der Waals surface area contributed by atoms with E-state index in [4.69, 9.17) is 13.9 Å². The summed E-state index contributed by atoms with van der Waals surface area (Å²) in [4.78, 5) is 13.8. The second kappa shape index (κ2) is 7.11. The van der Waals surface area contributed by atoms with E-state index in [1.54, 1.807) is 24.5 Å². The van der Waals surface area contributed by atoms with Crippen LogP contribution in [0.15, 0.2) is 28.9 Å². The monoisotopic (exact) mass is 265 g/mol. The highest BCUT2D eigenvalue weighted by atomic mass is 16.5. The molecule has 1 aliphatic heterocycles. The summed E-state index contributed by atoms with van der Waals surface area (Å²) in [5.74, 6) is 0.287. The molecule has 0 amide bonds. The highest BCUT2D eigenvalue weighted by Crippen LogP contribution is 2.04. The van der Waals surface area contributed by atoms with Crippen molar-refractivity contribution in [3.8, 4) is 0 Å². The summed E-state index contributed by atoms with van der Waals surface area (Å²) >= 11 is 0. The van der Waals surface area contributed by atoms with Crippen LogP contribution in [0, 0.1) is 0 Å². The molecule has 2 heterocycles. The first-order chi connectivity index (χ1) is 9.24. The van der Waals surface area contributed by atoms with Crippen molar-refractivity contribution in [2.75, 3.05) is 32.8 Å². The maximum Gasteiger partial charge on any atom is 0.331 e. The first-order valence-electron chi connectivity index (χ1n) is 6.46. The summed E-state index contributed by atoms with van der Waals surface area (Å²) in [5, 5.41) is 0. The van der Waals surface area contributed by atoms with Crippen LogP contribution in [0.4, 0.5) is 0 Å². The molecule has 1 aromatic rings. The van der Waals surface area contributed by atoms with Gasteiger partial charge in [-0.05, 0) is 25.1 Å². The van der Waals surface area contributed by atoms with Crippen LogP contribution >= 0.6 is 0 Å². The lowest BCUT2D eigenvalue weighted by Gasteiger charge is -2.28. The summed E-state index contributed by atoms with van der Waals surface area (Å²) < 4.78 is 15.7. The minimum atomic E-state index is -0.350. The second-order valence-corrected chi connectivity index (χ2v) is 4.51. The van der Waals surface area contributed by atoms with Crippen molar-refractivity contribution in [3.63, 3.8) is 0 Å². The highest BCUT2D eigenvalue weighted by Gasteiger charge is 2.15. The van der Waals surface area contributed by atoms with E-state index in [1.807, 2.05) is 6.92 Å². The van der Waals surface area contributed by atoms with Crippen LogP contribution < -0.4 is 0 Å². The Labute approximate surface area is 112 Å². The van der Waals surface area contributed by atoms with Gasteiger partial charge in [0.05, 0.1) is 19.5 Å². The van der Waals surface area contributed by atoms with Crippen LogP contribution in [0.5, 0.6) is 0 Å². The van der Waals surface area contributed by atoms with E-state index in [1.165, 1.54) is 6.08 Å². The Morgan fingerprint density at radius 1 is 1.53 bits per heavy atom. The molecule has 1 aromatic heterocycles.